The van der Waals surface area contributed by atoms with E-state index >= 15 is 0 Å². The van der Waals surface area contributed by atoms with Crippen molar-refractivity contribution in [1.29, 1.82) is 0 Å². The van der Waals surface area contributed by atoms with Crippen LogP contribution in [0.15, 0.2) is 12.5 Å². The van der Waals surface area contributed by atoms with Crippen molar-refractivity contribution in [3.05, 3.63) is 18.2 Å². The monoisotopic (exact) mass is 244 g/mol. The van der Waals surface area contributed by atoms with E-state index in [1.54, 1.807) is 17.1 Å². The summed E-state index contributed by atoms with van der Waals surface area (Å²) < 4.78 is 1.75. The molecule has 0 unspecified atom stereocenters. The Hall–Kier alpha value is -1.07. The van der Waals surface area contributed by atoms with Crippen LogP contribution in [0.5, 0.6) is 0 Å². The Morgan fingerprint density at radius 3 is 2.81 bits per heavy atom. The van der Waals surface area contributed by atoms with Gasteiger partial charge in [-0.2, -0.15) is 0 Å². The minimum atomic E-state index is -0.176. The second kappa shape index (κ2) is 4.84. The first-order valence-corrected chi connectivity index (χ1v) is 5.14. The van der Waals surface area contributed by atoms with Crippen molar-refractivity contribution in [3.8, 4) is 0 Å². The molecular formula is C10H17ClN4O. The molecule has 1 heterocycles. The van der Waals surface area contributed by atoms with Gasteiger partial charge in [0.2, 0.25) is 0 Å². The van der Waals surface area contributed by atoms with Gasteiger partial charge < -0.3 is 15.6 Å². The molecule has 1 aromatic heterocycles. The molecule has 0 spiro atoms. The van der Waals surface area contributed by atoms with E-state index in [1.165, 1.54) is 0 Å². The Morgan fingerprint density at radius 2 is 2.38 bits per heavy atom. The maximum Gasteiger partial charge on any atom is 0.271 e. The molecule has 0 bridgehead atoms. The quantitative estimate of drug-likeness (QED) is 0.811. The average molecular weight is 245 g/mol. The number of nitrogens with two attached hydrogens (primary N) is 1. The van der Waals surface area contributed by atoms with Crippen LogP contribution in [-0.2, 0) is 7.05 Å². The molecule has 5 nitrogen and oxygen atoms in total. The van der Waals surface area contributed by atoms with Crippen molar-refractivity contribution in [2.75, 3.05) is 6.54 Å². The van der Waals surface area contributed by atoms with E-state index in [0.29, 0.717) is 12.2 Å². The van der Waals surface area contributed by atoms with E-state index in [9.17, 15) is 4.79 Å². The molecule has 6 heteroatoms. The fourth-order valence-electron chi connectivity index (χ4n) is 1.68. The number of carbonyl (C=O) groups excluding carboxylic acids is 1. The van der Waals surface area contributed by atoms with Gasteiger partial charge in [0.05, 0.1) is 6.33 Å². The maximum atomic E-state index is 11.6. The first-order valence-electron chi connectivity index (χ1n) is 5.14. The van der Waals surface area contributed by atoms with E-state index in [2.05, 4.69) is 10.3 Å². The van der Waals surface area contributed by atoms with E-state index in [0.717, 1.165) is 19.3 Å². The van der Waals surface area contributed by atoms with Gasteiger partial charge in [0.25, 0.3) is 5.91 Å². The SMILES string of the molecule is Cl.Cn1cnc(C(=O)NCC2(N)CCC2)c1. The van der Waals surface area contributed by atoms with Gasteiger partial charge in [0.15, 0.2) is 0 Å². The lowest BCUT2D eigenvalue weighted by molar-refractivity contribution is 0.0925. The van der Waals surface area contributed by atoms with Crippen molar-refractivity contribution in [3.63, 3.8) is 0 Å². The highest BCUT2D eigenvalue weighted by molar-refractivity contribution is 5.92. The molecule has 0 radical (unpaired) electrons. The Balaban J connectivity index is 0.00000128. The summed E-state index contributed by atoms with van der Waals surface area (Å²) in [6, 6.07) is 0. The standard InChI is InChI=1S/C10H16N4O.ClH/c1-14-5-8(13-7-14)9(15)12-6-10(11)3-2-4-10;/h5,7H,2-4,6,11H2,1H3,(H,12,15);1H. The number of rotatable bonds is 3. The summed E-state index contributed by atoms with van der Waals surface area (Å²) in [7, 11) is 1.83. The smallest absolute Gasteiger partial charge is 0.271 e. The van der Waals surface area contributed by atoms with Crippen LogP contribution in [0.2, 0.25) is 0 Å². The topological polar surface area (TPSA) is 72.9 Å². The largest absolute Gasteiger partial charge is 0.349 e. The zero-order valence-corrected chi connectivity index (χ0v) is 10.1. The summed E-state index contributed by atoms with van der Waals surface area (Å²) in [5.41, 5.74) is 6.26. The zero-order chi connectivity index (χ0) is 10.9. The molecule has 2 rings (SSSR count). The fourth-order valence-corrected chi connectivity index (χ4v) is 1.68. The highest BCUT2D eigenvalue weighted by Gasteiger charge is 2.32. The Morgan fingerprint density at radius 1 is 1.69 bits per heavy atom. The van der Waals surface area contributed by atoms with Gasteiger partial charge >= 0.3 is 0 Å². The third-order valence-electron chi connectivity index (χ3n) is 2.89. The first kappa shape index (κ1) is 13.0. The predicted octanol–water partition coefficient (Wildman–Crippen LogP) is 0.453. The summed E-state index contributed by atoms with van der Waals surface area (Å²) >= 11 is 0. The predicted molar refractivity (Wildman–Crippen MR) is 63.6 cm³/mol. The lowest BCUT2D eigenvalue weighted by atomic mass is 9.78. The van der Waals surface area contributed by atoms with E-state index in [-0.39, 0.29) is 23.9 Å². The number of amides is 1. The van der Waals surface area contributed by atoms with Crippen LogP contribution in [0.1, 0.15) is 29.8 Å². The number of nitrogens with zero attached hydrogens (tertiary/aromatic N) is 2. The van der Waals surface area contributed by atoms with Crippen LogP contribution in [0.3, 0.4) is 0 Å². The molecule has 0 aromatic carbocycles. The Labute approximate surface area is 101 Å². The van der Waals surface area contributed by atoms with Crippen LogP contribution in [0, 0.1) is 0 Å². The molecule has 3 N–H and O–H groups in total. The number of imidazole rings is 1. The molecule has 0 atom stereocenters. The van der Waals surface area contributed by atoms with Gasteiger partial charge in [-0.25, -0.2) is 4.98 Å². The number of hydrogen-bond donors (Lipinski definition) is 2. The minimum Gasteiger partial charge on any atom is -0.349 e. The summed E-state index contributed by atoms with van der Waals surface area (Å²) in [5, 5.41) is 2.81. The molecule has 1 amide bonds. The third kappa shape index (κ3) is 2.74. The van der Waals surface area contributed by atoms with Crippen molar-refractivity contribution in [2.45, 2.75) is 24.8 Å². The van der Waals surface area contributed by atoms with Crippen molar-refractivity contribution in [2.24, 2.45) is 12.8 Å². The molecule has 1 aliphatic rings. The number of aryl methyl sites for hydroxylation is 1. The Bertz CT molecular complexity index is 373. The number of halogens is 1. The van der Waals surface area contributed by atoms with Crippen molar-refractivity contribution < 1.29 is 4.79 Å². The van der Waals surface area contributed by atoms with E-state index in [4.69, 9.17) is 5.73 Å². The van der Waals surface area contributed by atoms with Gasteiger partial charge in [-0.3, -0.25) is 4.79 Å². The van der Waals surface area contributed by atoms with Crippen molar-refractivity contribution >= 4 is 18.3 Å². The molecular weight excluding hydrogens is 228 g/mol. The van der Waals surface area contributed by atoms with Crippen molar-refractivity contribution in [1.82, 2.24) is 14.9 Å². The third-order valence-corrected chi connectivity index (χ3v) is 2.89. The maximum absolute atomic E-state index is 11.6. The highest BCUT2D eigenvalue weighted by Crippen LogP contribution is 2.28. The molecule has 1 saturated carbocycles. The summed E-state index contributed by atoms with van der Waals surface area (Å²) in [4.78, 5) is 15.6. The molecule has 1 fully saturated rings. The highest BCUT2D eigenvalue weighted by atomic mass is 35.5. The zero-order valence-electron chi connectivity index (χ0n) is 9.27. The molecule has 0 aliphatic heterocycles. The summed E-state index contributed by atoms with van der Waals surface area (Å²) in [5.74, 6) is -0.146. The van der Waals surface area contributed by atoms with Crippen LogP contribution >= 0.6 is 12.4 Å². The number of aromatic nitrogens is 2. The van der Waals surface area contributed by atoms with Gasteiger partial charge in [0.1, 0.15) is 5.69 Å². The normalized spacial score (nSPS) is 17.1. The average Bonchev–Trinajstić information content (AvgIpc) is 2.58. The number of hydrogen-bond acceptors (Lipinski definition) is 3. The molecule has 0 saturated heterocycles. The van der Waals surface area contributed by atoms with E-state index < -0.39 is 0 Å². The van der Waals surface area contributed by atoms with Gasteiger partial charge in [0, 0.05) is 25.3 Å². The van der Waals surface area contributed by atoms with Gasteiger partial charge in [-0.15, -0.1) is 12.4 Å². The number of carbonyl (C=O) groups is 1. The number of nitrogens with one attached hydrogen (secondary N) is 1. The molecule has 1 aromatic rings. The lowest BCUT2D eigenvalue weighted by Crippen LogP contribution is -2.54. The molecule has 16 heavy (non-hydrogen) atoms. The van der Waals surface area contributed by atoms with Crippen LogP contribution in [0.4, 0.5) is 0 Å². The van der Waals surface area contributed by atoms with Gasteiger partial charge in [-0.1, -0.05) is 0 Å². The van der Waals surface area contributed by atoms with Crippen LogP contribution in [0.25, 0.3) is 0 Å². The van der Waals surface area contributed by atoms with E-state index in [1.807, 2.05) is 7.05 Å². The summed E-state index contributed by atoms with van der Waals surface area (Å²) in [6.07, 6.45) is 6.46. The van der Waals surface area contributed by atoms with Gasteiger partial charge in [-0.05, 0) is 19.3 Å². The summed E-state index contributed by atoms with van der Waals surface area (Å²) in [6.45, 7) is 0.544. The first-order chi connectivity index (χ1) is 7.09. The lowest BCUT2D eigenvalue weighted by Gasteiger charge is -2.37. The Kier molecular flexibility index (Phi) is 3.93. The molecule has 1 aliphatic carbocycles. The van der Waals surface area contributed by atoms with Crippen LogP contribution < -0.4 is 11.1 Å². The fraction of sp³-hybridized carbons (Fsp3) is 0.600. The van der Waals surface area contributed by atoms with Crippen LogP contribution in [-0.4, -0.2) is 27.5 Å². The minimum absolute atomic E-state index is 0. The molecule has 90 valence electrons. The second-order valence-corrected chi connectivity index (χ2v) is 4.32. The second-order valence-electron chi connectivity index (χ2n) is 4.32.